The van der Waals surface area contributed by atoms with Crippen LogP contribution >= 0.6 is 0 Å². The van der Waals surface area contributed by atoms with Crippen molar-refractivity contribution in [2.75, 3.05) is 32.7 Å². The van der Waals surface area contributed by atoms with Gasteiger partial charge in [0.2, 0.25) is 41.4 Å². The third kappa shape index (κ3) is 21.3. The summed E-state index contributed by atoms with van der Waals surface area (Å²) in [4.78, 5) is 125. The van der Waals surface area contributed by atoms with Crippen molar-refractivity contribution in [3.05, 3.63) is 35.9 Å². The van der Waals surface area contributed by atoms with E-state index in [0.29, 0.717) is 6.42 Å². The maximum absolute atomic E-state index is 14.4. The minimum atomic E-state index is -1.23. The van der Waals surface area contributed by atoms with E-state index < -0.39 is 95.1 Å². The van der Waals surface area contributed by atoms with E-state index in [4.69, 9.17) is 22.9 Å². The van der Waals surface area contributed by atoms with Crippen molar-refractivity contribution >= 4 is 52.9 Å². The number of amides is 7. The molecule has 0 unspecified atom stereocenters. The number of hydrogen-bond acceptors (Lipinski definition) is 13. The lowest BCUT2D eigenvalue weighted by Crippen LogP contribution is -2.59. The van der Waals surface area contributed by atoms with E-state index in [9.17, 15) is 43.2 Å². The maximum Gasteiger partial charge on any atom is 0.243 e. The minimum Gasteiger partial charge on any atom is -0.354 e. The highest BCUT2D eigenvalue weighted by molar-refractivity contribution is 5.98. The summed E-state index contributed by atoms with van der Waals surface area (Å²) in [5, 5.41) is 19.2. The SMILES string of the molecule is CCCCC(=O)N[C@H](CCN)C(=O)C[C@H]1CCNC(=O)[C@H](CC(C)C)NC(=O)[C@H](CCN)NC(=O)[C@H](CCN)NC(=O)[C@H](CC(C)C)NC(=O)[C@@H](Cc2ccccc2)CC(=O)[C@H](CCN)NC1=O. The second kappa shape index (κ2) is 31.7. The highest BCUT2D eigenvalue weighted by atomic mass is 16.2. The number of Topliss-reactive ketones (excluding diaryl/α,β-unsaturated/α-hetero) is 2. The van der Waals surface area contributed by atoms with Crippen molar-refractivity contribution in [3.8, 4) is 0 Å². The van der Waals surface area contributed by atoms with E-state index in [1.54, 1.807) is 30.3 Å². The minimum absolute atomic E-state index is 0.0182. The molecule has 0 saturated carbocycles. The number of nitrogens with one attached hydrogen (secondary N) is 7. The molecule has 15 N–H and O–H groups in total. The van der Waals surface area contributed by atoms with Crippen LogP contribution in [0.15, 0.2) is 30.3 Å². The lowest BCUT2D eigenvalue weighted by atomic mass is 9.89. The number of benzene rings is 1. The molecule has 0 bridgehead atoms. The number of hydrogen-bond donors (Lipinski definition) is 11. The average Bonchev–Trinajstić information content (AvgIpc) is 3.28. The molecule has 1 aromatic carbocycles. The van der Waals surface area contributed by atoms with Gasteiger partial charge in [-0.25, -0.2) is 0 Å². The van der Waals surface area contributed by atoms with Crippen molar-refractivity contribution in [1.29, 1.82) is 0 Å². The van der Waals surface area contributed by atoms with E-state index in [-0.39, 0.29) is 121 Å². The zero-order chi connectivity index (χ0) is 50.8. The summed E-state index contributed by atoms with van der Waals surface area (Å²) in [7, 11) is 0. The van der Waals surface area contributed by atoms with Gasteiger partial charge in [0.25, 0.3) is 0 Å². The molecule has 0 aromatic heterocycles. The molecule has 1 aromatic rings. The van der Waals surface area contributed by atoms with Gasteiger partial charge < -0.3 is 60.2 Å². The zero-order valence-electron chi connectivity index (χ0n) is 40.9. The average molecular weight is 956 g/mol. The van der Waals surface area contributed by atoms with Gasteiger partial charge in [0.1, 0.15) is 24.2 Å². The van der Waals surface area contributed by atoms with Crippen LogP contribution in [-0.2, 0) is 49.6 Å². The van der Waals surface area contributed by atoms with Gasteiger partial charge in [-0.15, -0.1) is 0 Å². The molecule has 68 heavy (non-hydrogen) atoms. The second-order valence-corrected chi connectivity index (χ2v) is 18.6. The molecule has 8 atom stereocenters. The molecule has 20 heteroatoms. The first-order valence-corrected chi connectivity index (χ1v) is 24.4. The van der Waals surface area contributed by atoms with Crippen LogP contribution in [0.2, 0.25) is 0 Å². The molecule has 7 amide bonds. The largest absolute Gasteiger partial charge is 0.354 e. The van der Waals surface area contributed by atoms with Crippen molar-refractivity contribution in [2.24, 2.45) is 46.6 Å². The molecule has 1 aliphatic heterocycles. The molecule has 0 radical (unpaired) electrons. The summed E-state index contributed by atoms with van der Waals surface area (Å²) < 4.78 is 0. The first-order chi connectivity index (χ1) is 32.4. The summed E-state index contributed by atoms with van der Waals surface area (Å²) in [5.74, 6) is -7.77. The third-order valence-electron chi connectivity index (χ3n) is 11.7. The molecular formula is C48H81N11O9. The fourth-order valence-electron chi connectivity index (χ4n) is 7.98. The number of carbonyl (C=O) groups excluding carboxylic acids is 9. The third-order valence-corrected chi connectivity index (χ3v) is 11.7. The van der Waals surface area contributed by atoms with Gasteiger partial charge in [0, 0.05) is 37.6 Å². The van der Waals surface area contributed by atoms with Crippen LogP contribution < -0.4 is 60.2 Å². The Morgan fingerprint density at radius 1 is 0.632 bits per heavy atom. The Hall–Kier alpha value is -5.31. The molecule has 0 spiro atoms. The fraction of sp³-hybridized carbons (Fsp3) is 0.688. The molecule has 1 aliphatic rings. The van der Waals surface area contributed by atoms with Crippen LogP contribution in [0.4, 0.5) is 0 Å². The van der Waals surface area contributed by atoms with Crippen LogP contribution in [0, 0.1) is 23.7 Å². The molecule has 2 rings (SSSR count). The van der Waals surface area contributed by atoms with Crippen LogP contribution in [0.1, 0.15) is 117 Å². The van der Waals surface area contributed by atoms with Crippen LogP contribution in [0.25, 0.3) is 0 Å². The molecule has 1 saturated heterocycles. The summed E-state index contributed by atoms with van der Waals surface area (Å²) in [6, 6.07) is 2.06. The molecular weight excluding hydrogens is 875 g/mol. The number of unbranched alkanes of at least 4 members (excludes halogenated alkanes) is 1. The van der Waals surface area contributed by atoms with E-state index in [1.807, 2.05) is 34.6 Å². The zero-order valence-corrected chi connectivity index (χ0v) is 40.9. The Morgan fingerprint density at radius 3 is 1.65 bits per heavy atom. The van der Waals surface area contributed by atoms with Gasteiger partial charge in [0.05, 0.1) is 12.1 Å². The summed E-state index contributed by atoms with van der Waals surface area (Å²) in [6.07, 6.45) is 1.16. The standard InChI is InChI=1S/C48H81N11O9/c1-6-7-13-42(62)54-34(14-19-49)40(60)27-32-18-23-53-45(65)38(24-29(2)3)59-47(67)37(17-22-52)56-46(66)36(16-21-51)57-48(68)39(25-30(4)5)58-44(64)33(26-31-11-9-8-10-12-31)28-41(61)35(15-20-50)55-43(32)63/h8-12,29-30,32-39H,6-7,13-28,49-52H2,1-5H3,(H,53,65)(H,54,62)(H,55,63)(H,56,66)(H,57,68)(H,58,64)(H,59,67)/t32-,33+,34-,35+,36+,37+,38+,39+/m1/s1. The Kier molecular flexibility index (Phi) is 27.4. The number of ketones is 2. The Bertz CT molecular complexity index is 1800. The molecule has 1 fully saturated rings. The first-order valence-electron chi connectivity index (χ1n) is 24.4. The Labute approximate surface area is 401 Å². The molecule has 0 aliphatic carbocycles. The Morgan fingerprint density at radius 2 is 1.12 bits per heavy atom. The molecule has 20 nitrogen and oxygen atoms in total. The van der Waals surface area contributed by atoms with Gasteiger partial charge in [-0.3, -0.25) is 43.2 Å². The van der Waals surface area contributed by atoms with E-state index >= 15 is 0 Å². The maximum atomic E-state index is 14.4. The molecule has 1 heterocycles. The normalized spacial score (nSPS) is 23.7. The number of carbonyl (C=O) groups is 9. The molecule has 382 valence electrons. The van der Waals surface area contributed by atoms with Crippen molar-refractivity contribution in [2.45, 2.75) is 154 Å². The Balaban J connectivity index is 2.74. The van der Waals surface area contributed by atoms with Crippen LogP contribution in [0.3, 0.4) is 0 Å². The van der Waals surface area contributed by atoms with Gasteiger partial charge >= 0.3 is 0 Å². The predicted molar refractivity (Wildman–Crippen MR) is 259 cm³/mol. The van der Waals surface area contributed by atoms with E-state index in [1.165, 1.54) is 0 Å². The van der Waals surface area contributed by atoms with Gasteiger partial charge in [-0.05, 0) is 101 Å². The first kappa shape index (κ1) is 58.8. The smallest absolute Gasteiger partial charge is 0.243 e. The summed E-state index contributed by atoms with van der Waals surface area (Å²) in [5.41, 5.74) is 24.3. The van der Waals surface area contributed by atoms with E-state index in [0.717, 1.165) is 12.0 Å². The topological polar surface area (TPSA) is 342 Å². The van der Waals surface area contributed by atoms with Gasteiger partial charge in [-0.2, -0.15) is 0 Å². The number of rotatable bonds is 21. The predicted octanol–water partition coefficient (Wildman–Crippen LogP) is -0.514. The fourth-order valence-corrected chi connectivity index (χ4v) is 7.98. The van der Waals surface area contributed by atoms with Crippen LogP contribution in [0.5, 0.6) is 0 Å². The summed E-state index contributed by atoms with van der Waals surface area (Å²) in [6.45, 7) is 9.19. The lowest BCUT2D eigenvalue weighted by molar-refractivity contribution is -0.136. The lowest BCUT2D eigenvalue weighted by Gasteiger charge is -2.28. The highest BCUT2D eigenvalue weighted by Gasteiger charge is 2.36. The van der Waals surface area contributed by atoms with Crippen molar-refractivity contribution in [1.82, 2.24) is 37.2 Å². The summed E-state index contributed by atoms with van der Waals surface area (Å²) >= 11 is 0. The van der Waals surface area contributed by atoms with E-state index in [2.05, 4.69) is 37.2 Å². The van der Waals surface area contributed by atoms with Crippen molar-refractivity contribution in [3.63, 3.8) is 0 Å². The highest BCUT2D eigenvalue weighted by Crippen LogP contribution is 2.19. The monoisotopic (exact) mass is 956 g/mol. The number of nitrogens with two attached hydrogens (primary N) is 4. The van der Waals surface area contributed by atoms with Crippen LogP contribution in [-0.4, -0.2) is 122 Å². The quantitative estimate of drug-likeness (QED) is 0.0741. The van der Waals surface area contributed by atoms with Gasteiger partial charge in [0.15, 0.2) is 11.6 Å². The van der Waals surface area contributed by atoms with Crippen molar-refractivity contribution < 1.29 is 43.2 Å². The van der Waals surface area contributed by atoms with Gasteiger partial charge in [-0.1, -0.05) is 71.4 Å². The second-order valence-electron chi connectivity index (χ2n) is 18.6.